The van der Waals surface area contributed by atoms with Gasteiger partial charge in [-0.15, -0.1) is 5.10 Å². The van der Waals surface area contributed by atoms with Crippen LogP contribution in [0.3, 0.4) is 0 Å². The Hall–Kier alpha value is -9.01. The van der Waals surface area contributed by atoms with Crippen molar-refractivity contribution in [2.45, 2.75) is 116 Å². The fourth-order valence-corrected chi connectivity index (χ4v) is 14.0. The Bertz CT molecular complexity index is 4730. The van der Waals surface area contributed by atoms with Gasteiger partial charge < -0.3 is 34.6 Å². The Morgan fingerprint density at radius 1 is 0.485 bits per heavy atom. The van der Waals surface area contributed by atoms with Crippen molar-refractivity contribution < 1.29 is 13.9 Å². The quantitative estimate of drug-likeness (QED) is 0.0772. The zero-order valence-corrected chi connectivity index (χ0v) is 62.1. The molecule has 3 saturated heterocycles. The van der Waals surface area contributed by atoms with Crippen molar-refractivity contribution in [2.75, 3.05) is 39.3 Å². The highest BCUT2D eigenvalue weighted by molar-refractivity contribution is 14.1. The van der Waals surface area contributed by atoms with Crippen molar-refractivity contribution in [1.82, 2.24) is 80.0 Å². The lowest BCUT2D eigenvalue weighted by molar-refractivity contribution is 0.340. The second-order valence-corrected chi connectivity index (χ2v) is 29.3. The number of hydrogen-bond acceptors (Lipinski definition) is 15. The molecule has 0 bridgehead atoms. The van der Waals surface area contributed by atoms with E-state index in [1.54, 1.807) is 30.7 Å². The number of rotatable bonds is 16. The molecule has 516 valence electrons. The minimum atomic E-state index is -0.274. The van der Waals surface area contributed by atoms with Gasteiger partial charge in [0.25, 0.3) is 0 Å². The highest BCUT2D eigenvalue weighted by atomic mass is 127. The third-order valence-electron chi connectivity index (χ3n) is 18.5. The van der Waals surface area contributed by atoms with Gasteiger partial charge in [-0.2, -0.15) is 9.97 Å². The van der Waals surface area contributed by atoms with Gasteiger partial charge in [-0.1, -0.05) is 111 Å². The number of ether oxygens (including phenoxy) is 2. The fraction of sp³-hybridized carbons (Fsp3) is 0.300. The molecule has 0 atom stereocenters. The maximum atomic E-state index is 13.6. The largest absolute Gasteiger partial charge is 0.424 e. The Morgan fingerprint density at radius 2 is 0.950 bits per heavy atom. The maximum Gasteiger partial charge on any atom is 0.322 e. The summed E-state index contributed by atoms with van der Waals surface area (Å²) in [5.74, 6) is 1.96. The predicted octanol–water partition coefficient (Wildman–Crippen LogP) is 17.2. The Balaban J connectivity index is 0.000000136. The lowest BCUT2D eigenvalue weighted by Gasteiger charge is -2.25. The van der Waals surface area contributed by atoms with Crippen molar-refractivity contribution in [3.05, 3.63) is 236 Å². The second kappa shape index (κ2) is 32.8. The third-order valence-corrected chi connectivity index (χ3v) is 19.9. The van der Waals surface area contributed by atoms with Crippen LogP contribution in [0.15, 0.2) is 189 Å². The van der Waals surface area contributed by atoms with E-state index in [-0.39, 0.29) is 17.3 Å². The van der Waals surface area contributed by atoms with Gasteiger partial charge >= 0.3 is 12.0 Å². The molecule has 9 heterocycles. The van der Waals surface area contributed by atoms with Gasteiger partial charge in [-0.05, 0) is 256 Å². The van der Waals surface area contributed by atoms with Crippen LogP contribution in [0.4, 0.5) is 4.39 Å². The molecule has 0 amide bonds. The van der Waals surface area contributed by atoms with Crippen molar-refractivity contribution in [2.24, 2.45) is 0 Å². The zero-order chi connectivity index (χ0) is 69.8. The molecule has 0 unspecified atom stereocenters. The van der Waals surface area contributed by atoms with Crippen LogP contribution in [0.1, 0.15) is 118 Å². The lowest BCUT2D eigenvalue weighted by Crippen LogP contribution is -2.30. The first kappa shape index (κ1) is 70.4. The Labute approximate surface area is 617 Å². The number of halogens is 3. The van der Waals surface area contributed by atoms with Crippen LogP contribution in [0, 0.1) is 26.8 Å². The van der Waals surface area contributed by atoms with Crippen molar-refractivity contribution in [1.29, 1.82) is 0 Å². The first-order chi connectivity index (χ1) is 49.2. The minimum absolute atomic E-state index is 0.0336. The molecule has 15 rings (SSSR count). The fourth-order valence-electron chi connectivity index (χ4n) is 13.3. The number of imidazole rings is 2. The molecule has 0 aliphatic carbocycles. The van der Waals surface area contributed by atoms with Gasteiger partial charge in [0.05, 0.1) is 58.6 Å². The van der Waals surface area contributed by atoms with Crippen molar-refractivity contribution >= 4 is 45.2 Å². The van der Waals surface area contributed by atoms with E-state index in [0.717, 1.165) is 164 Å². The van der Waals surface area contributed by atoms with E-state index in [9.17, 15) is 4.39 Å². The van der Waals surface area contributed by atoms with Crippen LogP contribution in [0.25, 0.3) is 67.9 Å². The van der Waals surface area contributed by atoms with Gasteiger partial charge in [0.1, 0.15) is 34.5 Å². The van der Waals surface area contributed by atoms with E-state index < -0.39 is 0 Å². The summed E-state index contributed by atoms with van der Waals surface area (Å²) < 4.78 is 34.7. The number of aromatic nitrogens is 13. The molecular formula is C80H83FI2N16O2. The number of piperidine rings is 3. The molecule has 0 radical (unpaired) electrons. The highest BCUT2D eigenvalue weighted by Crippen LogP contribution is 2.39. The number of hydrogen-bond donors (Lipinski definition) is 3. The molecule has 21 heteroatoms. The predicted molar refractivity (Wildman–Crippen MR) is 413 cm³/mol. The molecule has 0 saturated carbocycles. The monoisotopic (exact) mass is 1570 g/mol. The first-order valence-electron chi connectivity index (χ1n) is 34.8. The molecule has 101 heavy (non-hydrogen) atoms. The topological polar surface area (TPSA) is 198 Å². The average molecular weight is 1570 g/mol. The molecule has 0 spiro atoms. The number of aryl methyl sites for hydroxylation is 3. The molecule has 3 N–H and O–H groups in total. The standard InChI is InChI=1S/C28H30IN5O.C26H27FN6.C26H26IN5O/c1-28(2,3)20-5-4-6-23(17-20)35-27-31-16-13-24(33-27)26-25(19-7-9-21(29)10-8-19)32-18-34(26)22-11-14-30-15-12-22;1-17-13-18(2)15-19(14-17)16-24-29-12-9-23(30-24)26-25(20-3-5-21(27)6-4-20)31-32-33(26)22-7-10-28-11-8-22;1-2-18-4-3-5-22(16-18)33-26-29-15-12-23(31-26)25-24(19-6-8-20(27)9-7-19)30-17-32(25)21-10-13-28-14-11-21/h4-10,13,16-18,22,30H,11-12,14-15H2,1-3H3;3-6,9,12-15,22,28H,7-8,10-11,16H2,1-2H3;3-9,12,15-17,21,28H,2,10-11,13-14H2,1H3. The SMILES string of the molecule is CC(C)(C)c1cccc(Oc2nccc(-c3c(-c4ccc(I)cc4)ncn3C3CCNCC3)n2)c1.CCc1cccc(Oc2nccc(-c3c(-c4ccc(I)cc4)ncn3C3CCNCC3)n2)c1.Cc1cc(C)cc(Cc2nccc(-c3c(-c4ccc(F)cc4)nnn3C3CCNCC3)n2)c1. The van der Waals surface area contributed by atoms with Crippen LogP contribution < -0.4 is 25.4 Å². The Kier molecular flexibility index (Phi) is 22.8. The summed E-state index contributed by atoms with van der Waals surface area (Å²) in [4.78, 5) is 37.6. The summed E-state index contributed by atoms with van der Waals surface area (Å²) in [6.45, 7) is 18.8. The van der Waals surface area contributed by atoms with E-state index in [2.05, 4.69) is 222 Å². The van der Waals surface area contributed by atoms with Crippen LogP contribution in [-0.4, -0.2) is 103 Å². The summed E-state index contributed by atoms with van der Waals surface area (Å²) in [5, 5.41) is 19.4. The van der Waals surface area contributed by atoms with E-state index in [4.69, 9.17) is 34.4 Å². The van der Waals surface area contributed by atoms with Crippen LogP contribution in [0.2, 0.25) is 0 Å². The van der Waals surface area contributed by atoms with E-state index in [1.165, 1.54) is 47.1 Å². The van der Waals surface area contributed by atoms with Crippen molar-refractivity contribution in [3.63, 3.8) is 0 Å². The van der Waals surface area contributed by atoms with Gasteiger partial charge in [0, 0.05) is 60.9 Å². The van der Waals surface area contributed by atoms with Gasteiger partial charge in [-0.3, -0.25) is 0 Å². The molecular weight excluding hydrogens is 1490 g/mol. The number of benzene rings is 6. The van der Waals surface area contributed by atoms with Gasteiger partial charge in [-0.25, -0.2) is 39.0 Å². The van der Waals surface area contributed by atoms with Crippen LogP contribution in [0.5, 0.6) is 23.5 Å². The average Bonchev–Trinajstić information content (AvgIpc) is 1.67. The van der Waals surface area contributed by atoms with Crippen LogP contribution in [-0.2, 0) is 18.3 Å². The van der Waals surface area contributed by atoms with Crippen molar-refractivity contribution in [3.8, 4) is 91.5 Å². The van der Waals surface area contributed by atoms with E-state index >= 15 is 0 Å². The smallest absolute Gasteiger partial charge is 0.322 e. The zero-order valence-electron chi connectivity index (χ0n) is 57.8. The number of nitrogens with zero attached hydrogens (tertiary/aromatic N) is 13. The summed E-state index contributed by atoms with van der Waals surface area (Å²) in [7, 11) is 0. The molecule has 12 aromatic rings. The summed E-state index contributed by atoms with van der Waals surface area (Å²) in [5.41, 5.74) is 16.9. The van der Waals surface area contributed by atoms with Gasteiger partial charge in [0.2, 0.25) is 0 Å². The first-order valence-corrected chi connectivity index (χ1v) is 36.9. The van der Waals surface area contributed by atoms with E-state index in [1.807, 2.05) is 65.9 Å². The highest BCUT2D eigenvalue weighted by Gasteiger charge is 2.28. The van der Waals surface area contributed by atoms with Gasteiger partial charge in [0.15, 0.2) is 0 Å². The maximum absolute atomic E-state index is 13.6. The van der Waals surface area contributed by atoms with Crippen LogP contribution >= 0.6 is 45.2 Å². The molecule has 3 aliphatic rings. The molecule has 3 aliphatic heterocycles. The molecule has 6 aromatic heterocycles. The summed E-state index contributed by atoms with van der Waals surface area (Å²) in [6.07, 6.45) is 17.0. The minimum Gasteiger partial charge on any atom is -0.424 e. The molecule has 6 aromatic carbocycles. The summed E-state index contributed by atoms with van der Waals surface area (Å²) in [6, 6.07) is 53.5. The normalized spacial score (nSPS) is 14.5. The Morgan fingerprint density at radius 3 is 1.47 bits per heavy atom. The molecule has 3 fully saturated rings. The lowest BCUT2D eigenvalue weighted by atomic mass is 9.87. The molecule has 18 nitrogen and oxygen atoms in total. The number of nitrogens with one attached hydrogen (secondary N) is 3. The van der Waals surface area contributed by atoms with E-state index in [0.29, 0.717) is 36.2 Å². The third kappa shape index (κ3) is 17.7. The second-order valence-electron chi connectivity index (χ2n) is 26.9. The summed E-state index contributed by atoms with van der Waals surface area (Å²) >= 11 is 4.66.